The van der Waals surface area contributed by atoms with Crippen LogP contribution in [0.25, 0.3) is 10.9 Å². The molecule has 28 heavy (non-hydrogen) atoms. The molecule has 7 nitrogen and oxygen atoms in total. The first-order valence-corrected chi connectivity index (χ1v) is 9.69. The van der Waals surface area contributed by atoms with Gasteiger partial charge < -0.3 is 15.2 Å². The Morgan fingerprint density at radius 1 is 1.36 bits per heavy atom. The van der Waals surface area contributed by atoms with Crippen molar-refractivity contribution in [2.24, 2.45) is 7.05 Å². The standard InChI is InChI=1S/C20H22ClN5O2/c1-12-9-13(7-8-26(12)20(28)15-11-22-25(2)19(15)21)23-17-10-18(27)24-16-6-4-3-5-14(16)17/h3-6,10-13H,7-9H2,1-2H3,(H2,23,24,27)/t12-,13+/m0/s1. The quantitative estimate of drug-likeness (QED) is 0.709. The number of aromatic nitrogens is 3. The number of fused-ring (bicyclic) bond motifs is 1. The summed E-state index contributed by atoms with van der Waals surface area (Å²) in [7, 11) is 1.71. The highest BCUT2D eigenvalue weighted by atomic mass is 35.5. The molecular weight excluding hydrogens is 378 g/mol. The number of carbonyl (C=O) groups is 1. The summed E-state index contributed by atoms with van der Waals surface area (Å²) in [5.74, 6) is -0.0920. The molecule has 1 aliphatic heterocycles. The lowest BCUT2D eigenvalue weighted by Gasteiger charge is -2.38. The van der Waals surface area contributed by atoms with Crippen LogP contribution in [-0.2, 0) is 7.05 Å². The fourth-order valence-corrected chi connectivity index (χ4v) is 4.04. The second-order valence-corrected chi connectivity index (χ2v) is 7.64. The Labute approximate surface area is 167 Å². The summed E-state index contributed by atoms with van der Waals surface area (Å²) in [5.41, 5.74) is 1.94. The van der Waals surface area contributed by atoms with Crippen molar-refractivity contribution in [2.75, 3.05) is 11.9 Å². The van der Waals surface area contributed by atoms with Crippen molar-refractivity contribution in [1.82, 2.24) is 19.7 Å². The maximum Gasteiger partial charge on any atom is 0.258 e. The molecule has 1 aliphatic rings. The number of halogens is 1. The van der Waals surface area contributed by atoms with Crippen LogP contribution in [-0.4, -0.2) is 44.2 Å². The molecule has 1 amide bonds. The molecule has 0 unspecified atom stereocenters. The van der Waals surface area contributed by atoms with Gasteiger partial charge in [0.25, 0.3) is 5.91 Å². The van der Waals surface area contributed by atoms with E-state index in [1.807, 2.05) is 36.1 Å². The number of aromatic amines is 1. The van der Waals surface area contributed by atoms with Gasteiger partial charge in [-0.3, -0.25) is 14.3 Å². The second kappa shape index (κ2) is 7.31. The topological polar surface area (TPSA) is 83.0 Å². The van der Waals surface area contributed by atoms with Gasteiger partial charge in [-0.1, -0.05) is 29.8 Å². The van der Waals surface area contributed by atoms with Gasteiger partial charge in [-0.15, -0.1) is 0 Å². The van der Waals surface area contributed by atoms with E-state index in [-0.39, 0.29) is 23.6 Å². The Hall–Kier alpha value is -2.80. The molecule has 0 bridgehead atoms. The number of nitrogens with one attached hydrogen (secondary N) is 2. The number of amides is 1. The molecular formula is C20H22ClN5O2. The Balaban J connectivity index is 1.50. The van der Waals surface area contributed by atoms with E-state index in [4.69, 9.17) is 11.6 Å². The van der Waals surface area contributed by atoms with Crippen LogP contribution in [0, 0.1) is 0 Å². The fraction of sp³-hybridized carbons (Fsp3) is 0.350. The van der Waals surface area contributed by atoms with Gasteiger partial charge in [0.2, 0.25) is 5.56 Å². The van der Waals surface area contributed by atoms with Crippen molar-refractivity contribution in [3.8, 4) is 0 Å². The van der Waals surface area contributed by atoms with Crippen molar-refractivity contribution in [3.05, 3.63) is 57.6 Å². The number of anilines is 1. The number of benzene rings is 1. The minimum absolute atomic E-state index is 0.0447. The van der Waals surface area contributed by atoms with Gasteiger partial charge in [0.1, 0.15) is 5.15 Å². The summed E-state index contributed by atoms with van der Waals surface area (Å²) in [4.78, 5) is 29.5. The van der Waals surface area contributed by atoms with Gasteiger partial charge in [0.15, 0.2) is 0 Å². The van der Waals surface area contributed by atoms with Crippen molar-refractivity contribution in [1.29, 1.82) is 0 Å². The van der Waals surface area contributed by atoms with E-state index in [0.717, 1.165) is 29.4 Å². The average molecular weight is 400 g/mol. The number of para-hydroxylation sites is 1. The smallest absolute Gasteiger partial charge is 0.258 e. The molecule has 0 radical (unpaired) electrons. The molecule has 3 heterocycles. The summed E-state index contributed by atoms with van der Waals surface area (Å²) < 4.78 is 1.49. The number of aryl methyl sites for hydroxylation is 1. The number of hydrogen-bond acceptors (Lipinski definition) is 4. The van der Waals surface area contributed by atoms with Crippen LogP contribution in [0.3, 0.4) is 0 Å². The third kappa shape index (κ3) is 3.38. The highest BCUT2D eigenvalue weighted by Gasteiger charge is 2.31. The van der Waals surface area contributed by atoms with Crippen LogP contribution in [0.5, 0.6) is 0 Å². The first-order chi connectivity index (χ1) is 13.4. The molecule has 1 saturated heterocycles. The first kappa shape index (κ1) is 18.6. The van der Waals surface area contributed by atoms with Crippen molar-refractivity contribution in [2.45, 2.75) is 31.8 Å². The normalized spacial score (nSPS) is 19.8. The predicted molar refractivity (Wildman–Crippen MR) is 110 cm³/mol. The number of rotatable bonds is 3. The van der Waals surface area contributed by atoms with Crippen molar-refractivity contribution in [3.63, 3.8) is 0 Å². The minimum atomic E-state index is -0.131. The summed E-state index contributed by atoms with van der Waals surface area (Å²) >= 11 is 6.18. The van der Waals surface area contributed by atoms with Gasteiger partial charge in [0.05, 0.1) is 17.3 Å². The number of piperidine rings is 1. The Kier molecular flexibility index (Phi) is 4.85. The molecule has 0 saturated carbocycles. The second-order valence-electron chi connectivity index (χ2n) is 7.28. The van der Waals surface area contributed by atoms with Gasteiger partial charge in [0, 0.05) is 42.8 Å². The molecule has 2 atom stereocenters. The van der Waals surface area contributed by atoms with Gasteiger partial charge in [-0.25, -0.2) is 0 Å². The SMILES string of the molecule is C[C@H]1C[C@H](Nc2cc(=O)[nH]c3ccccc23)CCN1C(=O)c1cnn(C)c1Cl. The lowest BCUT2D eigenvalue weighted by Crippen LogP contribution is -2.48. The lowest BCUT2D eigenvalue weighted by molar-refractivity contribution is 0.0625. The van der Waals surface area contributed by atoms with Crippen LogP contribution in [0.15, 0.2) is 41.3 Å². The van der Waals surface area contributed by atoms with E-state index < -0.39 is 0 Å². The molecule has 2 N–H and O–H groups in total. The summed E-state index contributed by atoms with van der Waals surface area (Å²) in [6.07, 6.45) is 3.09. The lowest BCUT2D eigenvalue weighted by atomic mass is 9.97. The number of nitrogens with zero attached hydrogens (tertiary/aromatic N) is 3. The summed E-state index contributed by atoms with van der Waals surface area (Å²) in [5, 5.41) is 8.90. The maximum atomic E-state index is 12.9. The molecule has 3 aromatic rings. The minimum Gasteiger partial charge on any atom is -0.381 e. The highest BCUT2D eigenvalue weighted by Crippen LogP contribution is 2.27. The molecule has 1 aromatic carbocycles. The van der Waals surface area contributed by atoms with Gasteiger partial charge in [-0.05, 0) is 25.8 Å². The summed E-state index contributed by atoms with van der Waals surface area (Å²) in [6.45, 7) is 2.65. The van der Waals surface area contributed by atoms with Crippen LogP contribution in [0.4, 0.5) is 5.69 Å². The molecule has 8 heteroatoms. The molecule has 0 aliphatic carbocycles. The average Bonchev–Trinajstić information content (AvgIpc) is 3.00. The number of carbonyl (C=O) groups excluding carboxylic acids is 1. The number of hydrogen-bond donors (Lipinski definition) is 2. The van der Waals surface area contributed by atoms with Crippen molar-refractivity contribution >= 4 is 34.1 Å². The Bertz CT molecular complexity index is 1090. The number of pyridine rings is 1. The fourth-order valence-electron chi connectivity index (χ4n) is 3.87. The largest absolute Gasteiger partial charge is 0.381 e. The Morgan fingerprint density at radius 3 is 2.86 bits per heavy atom. The van der Waals surface area contributed by atoms with E-state index in [1.165, 1.54) is 10.9 Å². The van der Waals surface area contributed by atoms with E-state index in [9.17, 15) is 9.59 Å². The zero-order chi connectivity index (χ0) is 19.8. The molecule has 1 fully saturated rings. The third-order valence-corrected chi connectivity index (χ3v) is 5.79. The molecule has 0 spiro atoms. The number of likely N-dealkylation sites (tertiary alicyclic amines) is 1. The molecule has 2 aromatic heterocycles. The van der Waals surface area contributed by atoms with Gasteiger partial charge in [-0.2, -0.15) is 5.10 Å². The van der Waals surface area contributed by atoms with Crippen LogP contribution >= 0.6 is 11.6 Å². The van der Waals surface area contributed by atoms with E-state index in [0.29, 0.717) is 17.3 Å². The van der Waals surface area contributed by atoms with Crippen LogP contribution in [0.2, 0.25) is 5.15 Å². The Morgan fingerprint density at radius 2 is 2.14 bits per heavy atom. The summed E-state index contributed by atoms with van der Waals surface area (Å²) in [6, 6.07) is 9.55. The van der Waals surface area contributed by atoms with Gasteiger partial charge >= 0.3 is 0 Å². The predicted octanol–water partition coefficient (Wildman–Crippen LogP) is 3.02. The number of H-pyrrole nitrogens is 1. The third-order valence-electron chi connectivity index (χ3n) is 5.34. The van der Waals surface area contributed by atoms with E-state index in [1.54, 1.807) is 13.1 Å². The van der Waals surface area contributed by atoms with Crippen LogP contribution in [0.1, 0.15) is 30.1 Å². The first-order valence-electron chi connectivity index (χ1n) is 9.31. The maximum absolute atomic E-state index is 12.9. The van der Waals surface area contributed by atoms with E-state index >= 15 is 0 Å². The highest BCUT2D eigenvalue weighted by molar-refractivity contribution is 6.32. The molecule has 146 valence electrons. The van der Waals surface area contributed by atoms with Crippen LogP contribution < -0.4 is 10.9 Å². The van der Waals surface area contributed by atoms with Crippen molar-refractivity contribution < 1.29 is 4.79 Å². The monoisotopic (exact) mass is 399 g/mol. The molecule has 4 rings (SSSR count). The van der Waals surface area contributed by atoms with E-state index in [2.05, 4.69) is 15.4 Å². The zero-order valence-electron chi connectivity index (χ0n) is 15.8. The zero-order valence-corrected chi connectivity index (χ0v) is 16.5.